The summed E-state index contributed by atoms with van der Waals surface area (Å²) in [5.41, 5.74) is 0. The van der Waals surface area contributed by atoms with Crippen molar-refractivity contribution in [3.63, 3.8) is 0 Å². The molecule has 1 aliphatic heterocycles. The summed E-state index contributed by atoms with van der Waals surface area (Å²) in [6, 6.07) is 3.85. The highest BCUT2D eigenvalue weighted by Crippen LogP contribution is 2.24. The van der Waals surface area contributed by atoms with Crippen molar-refractivity contribution in [2.24, 2.45) is 11.8 Å². The van der Waals surface area contributed by atoms with Gasteiger partial charge in [0.25, 0.3) is 0 Å². The topological polar surface area (TPSA) is 60.9 Å². The monoisotopic (exact) mass is 282 g/mol. The third kappa shape index (κ3) is 3.07. The Hall–Kier alpha value is -1.56. The minimum atomic E-state index is -0.816. The van der Waals surface area contributed by atoms with E-state index in [1.54, 1.807) is 28.2 Å². The van der Waals surface area contributed by atoms with Gasteiger partial charge >= 0.3 is 12.0 Å². The molecule has 2 atom stereocenters. The zero-order valence-corrected chi connectivity index (χ0v) is 11.9. The minimum absolute atomic E-state index is 0.0107. The summed E-state index contributed by atoms with van der Waals surface area (Å²) in [6.45, 7) is 3.28. The largest absolute Gasteiger partial charge is 0.481 e. The van der Waals surface area contributed by atoms with Crippen LogP contribution in [0.3, 0.4) is 0 Å². The van der Waals surface area contributed by atoms with Gasteiger partial charge in [0.1, 0.15) is 0 Å². The second-order valence-electron chi connectivity index (χ2n) is 5.04. The van der Waals surface area contributed by atoms with Crippen LogP contribution in [0.15, 0.2) is 17.5 Å². The van der Waals surface area contributed by atoms with Crippen molar-refractivity contribution < 1.29 is 14.7 Å². The number of carbonyl (C=O) groups excluding carboxylic acids is 1. The standard InChI is InChI=1S/C13H18N2O3S/c1-9-6-15(8-11(9)12(16)17)13(18)14(2)7-10-4-3-5-19-10/h3-5,9,11H,6-8H2,1-2H3,(H,16,17). The highest BCUT2D eigenvalue weighted by Gasteiger charge is 2.37. The first-order valence-corrected chi connectivity index (χ1v) is 7.12. The maximum Gasteiger partial charge on any atom is 0.320 e. The number of thiophene rings is 1. The molecule has 0 spiro atoms. The molecule has 0 aromatic carbocycles. The summed E-state index contributed by atoms with van der Waals surface area (Å²) in [5.74, 6) is -1.25. The van der Waals surface area contributed by atoms with Crippen LogP contribution in [-0.2, 0) is 11.3 Å². The van der Waals surface area contributed by atoms with E-state index in [9.17, 15) is 9.59 Å². The highest BCUT2D eigenvalue weighted by molar-refractivity contribution is 7.09. The number of hydrogen-bond donors (Lipinski definition) is 1. The molecule has 104 valence electrons. The normalized spacial score (nSPS) is 22.5. The van der Waals surface area contributed by atoms with E-state index in [1.165, 1.54) is 0 Å². The minimum Gasteiger partial charge on any atom is -0.481 e. The highest BCUT2D eigenvalue weighted by atomic mass is 32.1. The average molecular weight is 282 g/mol. The zero-order chi connectivity index (χ0) is 14.0. The molecule has 19 heavy (non-hydrogen) atoms. The van der Waals surface area contributed by atoms with E-state index in [0.717, 1.165) is 4.88 Å². The van der Waals surface area contributed by atoms with E-state index >= 15 is 0 Å². The maximum absolute atomic E-state index is 12.2. The second kappa shape index (κ2) is 5.61. The van der Waals surface area contributed by atoms with Crippen molar-refractivity contribution in [2.45, 2.75) is 13.5 Å². The van der Waals surface area contributed by atoms with Crippen molar-refractivity contribution in [1.29, 1.82) is 0 Å². The first-order valence-electron chi connectivity index (χ1n) is 6.24. The molecule has 0 saturated carbocycles. The summed E-state index contributed by atoms with van der Waals surface area (Å²) in [4.78, 5) is 27.7. The van der Waals surface area contributed by atoms with Gasteiger partial charge in [0.15, 0.2) is 0 Å². The van der Waals surface area contributed by atoms with E-state index in [2.05, 4.69) is 0 Å². The Balaban J connectivity index is 1.95. The fourth-order valence-electron chi connectivity index (χ4n) is 2.39. The van der Waals surface area contributed by atoms with Gasteiger partial charge in [-0.3, -0.25) is 4.79 Å². The molecule has 1 aromatic rings. The average Bonchev–Trinajstić information content (AvgIpc) is 2.97. The van der Waals surface area contributed by atoms with E-state index in [4.69, 9.17) is 5.11 Å². The molecule has 2 rings (SSSR count). The van der Waals surface area contributed by atoms with Gasteiger partial charge in [0.05, 0.1) is 12.5 Å². The molecule has 0 bridgehead atoms. The first kappa shape index (κ1) is 13.9. The van der Waals surface area contributed by atoms with E-state index in [0.29, 0.717) is 19.6 Å². The third-order valence-electron chi connectivity index (χ3n) is 3.50. The summed E-state index contributed by atoms with van der Waals surface area (Å²) in [6.07, 6.45) is 0. The van der Waals surface area contributed by atoms with Crippen LogP contribution in [0.25, 0.3) is 0 Å². The molecule has 2 heterocycles. The fourth-order valence-corrected chi connectivity index (χ4v) is 3.15. The summed E-state index contributed by atoms with van der Waals surface area (Å²) in [5, 5.41) is 11.1. The molecule has 6 heteroatoms. The lowest BCUT2D eigenvalue weighted by Gasteiger charge is -2.24. The number of hydrogen-bond acceptors (Lipinski definition) is 3. The van der Waals surface area contributed by atoms with Crippen molar-refractivity contribution in [1.82, 2.24) is 9.80 Å². The van der Waals surface area contributed by atoms with E-state index < -0.39 is 11.9 Å². The van der Waals surface area contributed by atoms with E-state index in [1.807, 2.05) is 24.4 Å². The van der Waals surface area contributed by atoms with Gasteiger partial charge in [-0.1, -0.05) is 13.0 Å². The van der Waals surface area contributed by atoms with Gasteiger partial charge < -0.3 is 14.9 Å². The Kier molecular flexibility index (Phi) is 4.09. The van der Waals surface area contributed by atoms with Gasteiger partial charge in [-0.15, -0.1) is 11.3 Å². The fraction of sp³-hybridized carbons (Fsp3) is 0.538. The predicted molar refractivity (Wildman–Crippen MR) is 73.0 cm³/mol. The molecule has 1 N–H and O–H groups in total. The molecule has 5 nitrogen and oxygen atoms in total. The first-order chi connectivity index (χ1) is 8.99. The van der Waals surface area contributed by atoms with Crippen LogP contribution in [0.2, 0.25) is 0 Å². The predicted octanol–water partition coefficient (Wildman–Crippen LogP) is 1.95. The maximum atomic E-state index is 12.2. The second-order valence-corrected chi connectivity index (χ2v) is 6.08. The van der Waals surface area contributed by atoms with Crippen LogP contribution in [0.4, 0.5) is 4.79 Å². The quantitative estimate of drug-likeness (QED) is 0.921. The lowest BCUT2D eigenvalue weighted by atomic mass is 9.99. The van der Waals surface area contributed by atoms with Crippen LogP contribution in [0, 0.1) is 11.8 Å². The Labute approximate surface area is 116 Å². The van der Waals surface area contributed by atoms with Crippen molar-refractivity contribution in [3.05, 3.63) is 22.4 Å². The lowest BCUT2D eigenvalue weighted by Crippen LogP contribution is -2.39. The Bertz CT molecular complexity index is 460. The number of likely N-dealkylation sites (tertiary alicyclic amines) is 1. The number of nitrogens with zero attached hydrogens (tertiary/aromatic N) is 2. The van der Waals surface area contributed by atoms with Crippen LogP contribution < -0.4 is 0 Å². The molecular formula is C13H18N2O3S. The number of aliphatic carboxylic acids is 1. The molecule has 1 fully saturated rings. The molecule has 0 aliphatic carbocycles. The molecule has 0 radical (unpaired) electrons. The van der Waals surface area contributed by atoms with Gasteiger partial charge in [-0.2, -0.15) is 0 Å². The van der Waals surface area contributed by atoms with Gasteiger partial charge in [0, 0.05) is 25.0 Å². The SMILES string of the molecule is CC1CN(C(=O)N(C)Cc2cccs2)CC1C(=O)O. The Morgan fingerprint density at radius 3 is 2.79 bits per heavy atom. The molecule has 2 unspecified atom stereocenters. The number of carboxylic acid groups (broad SMARTS) is 1. The van der Waals surface area contributed by atoms with Crippen molar-refractivity contribution >= 4 is 23.3 Å². The van der Waals surface area contributed by atoms with Gasteiger partial charge in [-0.25, -0.2) is 4.79 Å². The van der Waals surface area contributed by atoms with Gasteiger partial charge in [0.2, 0.25) is 0 Å². The smallest absolute Gasteiger partial charge is 0.320 e. The number of carboxylic acids is 1. The van der Waals surface area contributed by atoms with Gasteiger partial charge in [-0.05, 0) is 17.4 Å². The van der Waals surface area contributed by atoms with Crippen molar-refractivity contribution in [3.8, 4) is 0 Å². The molecular weight excluding hydrogens is 264 g/mol. The number of carbonyl (C=O) groups is 2. The Morgan fingerprint density at radius 2 is 2.26 bits per heavy atom. The van der Waals surface area contributed by atoms with Crippen LogP contribution in [0.1, 0.15) is 11.8 Å². The molecule has 1 aromatic heterocycles. The third-order valence-corrected chi connectivity index (χ3v) is 4.36. The van der Waals surface area contributed by atoms with E-state index in [-0.39, 0.29) is 11.9 Å². The van der Waals surface area contributed by atoms with Crippen molar-refractivity contribution in [2.75, 3.05) is 20.1 Å². The Morgan fingerprint density at radius 1 is 1.53 bits per heavy atom. The summed E-state index contributed by atoms with van der Waals surface area (Å²) < 4.78 is 0. The molecule has 1 aliphatic rings. The number of amides is 2. The van der Waals surface area contributed by atoms with Crippen LogP contribution >= 0.6 is 11.3 Å². The number of urea groups is 1. The molecule has 1 saturated heterocycles. The summed E-state index contributed by atoms with van der Waals surface area (Å²) >= 11 is 1.61. The molecule has 2 amide bonds. The lowest BCUT2D eigenvalue weighted by molar-refractivity contribution is -0.142. The van der Waals surface area contributed by atoms with Crippen LogP contribution in [-0.4, -0.2) is 47.0 Å². The van der Waals surface area contributed by atoms with Crippen LogP contribution in [0.5, 0.6) is 0 Å². The summed E-state index contributed by atoms with van der Waals surface area (Å²) in [7, 11) is 1.75. The zero-order valence-electron chi connectivity index (χ0n) is 11.1. The number of rotatable bonds is 3.